The highest BCUT2D eigenvalue weighted by atomic mass is 35.5. The number of aliphatic hydroxyl groups is 2. The van der Waals surface area contributed by atoms with Gasteiger partial charge in [-0.25, -0.2) is 29.9 Å². The van der Waals surface area contributed by atoms with Crippen molar-refractivity contribution < 1.29 is 38.6 Å². The number of ether oxygens (including phenoxy) is 6. The molecule has 278 valence electrons. The van der Waals surface area contributed by atoms with Crippen molar-refractivity contribution >= 4 is 39.7 Å². The zero-order chi connectivity index (χ0) is 36.4. The van der Waals surface area contributed by atoms with Crippen LogP contribution >= 0.6 is 11.6 Å². The van der Waals surface area contributed by atoms with E-state index in [9.17, 15) is 10.2 Å². The average Bonchev–Trinajstić information content (AvgIpc) is 3.98. The predicted octanol–water partition coefficient (Wildman–Crippen LogP) is 2.98. The topological polar surface area (TPSA) is 195 Å². The van der Waals surface area contributed by atoms with Crippen LogP contribution in [0.25, 0.3) is 22.3 Å². The summed E-state index contributed by atoms with van der Waals surface area (Å²) in [6.45, 7) is 7.15. The van der Waals surface area contributed by atoms with Gasteiger partial charge in [-0.15, -0.1) is 0 Å². The van der Waals surface area contributed by atoms with Crippen molar-refractivity contribution in [1.29, 1.82) is 0 Å². The minimum Gasteiger partial charge on any atom is -0.387 e. The third-order valence-electron chi connectivity index (χ3n) is 10.8. The minimum absolute atomic E-state index is 0.0883. The van der Waals surface area contributed by atoms with Crippen molar-refractivity contribution in [2.75, 3.05) is 5.32 Å². The van der Waals surface area contributed by atoms with Gasteiger partial charge in [-0.3, -0.25) is 9.13 Å². The number of nitrogens with one attached hydrogen (secondary N) is 1. The highest BCUT2D eigenvalue weighted by Crippen LogP contribution is 2.48. The van der Waals surface area contributed by atoms with E-state index in [1.807, 2.05) is 6.07 Å². The lowest BCUT2D eigenvalue weighted by Gasteiger charge is -2.33. The molecular weight excluding hydrogens is 710 g/mol. The number of aliphatic hydroxyl groups excluding tert-OH is 2. The van der Waals surface area contributed by atoms with Crippen LogP contribution in [0.1, 0.15) is 63.7 Å². The number of halogens is 1. The molecule has 53 heavy (non-hydrogen) atoms. The fourth-order valence-corrected chi connectivity index (χ4v) is 8.80. The summed E-state index contributed by atoms with van der Waals surface area (Å²) in [5.41, 5.74) is 4.45. The number of benzene rings is 1. The van der Waals surface area contributed by atoms with Gasteiger partial charge in [-0.1, -0.05) is 35.9 Å². The summed E-state index contributed by atoms with van der Waals surface area (Å²) in [4.78, 5) is 26.6. The van der Waals surface area contributed by atoms with E-state index in [-0.39, 0.29) is 11.2 Å². The van der Waals surface area contributed by atoms with Crippen molar-refractivity contribution in [1.82, 2.24) is 39.0 Å². The van der Waals surface area contributed by atoms with E-state index in [2.05, 4.69) is 48.4 Å². The number of aryl methyl sites for hydroxylation is 1. The summed E-state index contributed by atoms with van der Waals surface area (Å²) >= 11 is 6.28. The number of fused-ring (bicyclic) bond motifs is 5. The van der Waals surface area contributed by atoms with E-state index in [1.54, 1.807) is 43.2 Å². The molecule has 4 aromatic heterocycles. The van der Waals surface area contributed by atoms with Gasteiger partial charge in [0, 0.05) is 0 Å². The van der Waals surface area contributed by atoms with E-state index in [1.165, 1.54) is 30.1 Å². The molecule has 0 bridgehead atoms. The molecule has 0 saturated carbocycles. The van der Waals surface area contributed by atoms with Crippen molar-refractivity contribution in [3.63, 3.8) is 0 Å². The van der Waals surface area contributed by atoms with E-state index in [0.29, 0.717) is 28.1 Å². The van der Waals surface area contributed by atoms with Gasteiger partial charge in [0.15, 0.2) is 51.8 Å². The van der Waals surface area contributed by atoms with Crippen LogP contribution in [0.4, 0.5) is 5.82 Å². The van der Waals surface area contributed by atoms with Crippen LogP contribution in [-0.2, 0) is 34.8 Å². The Morgan fingerprint density at radius 2 is 1.28 bits per heavy atom. The molecule has 4 aliphatic heterocycles. The second-order valence-electron chi connectivity index (χ2n) is 15.1. The molecule has 1 aliphatic carbocycles. The van der Waals surface area contributed by atoms with E-state index in [0.717, 1.165) is 12.8 Å². The summed E-state index contributed by atoms with van der Waals surface area (Å²) in [7, 11) is 0. The van der Waals surface area contributed by atoms with Crippen LogP contribution in [0.2, 0.25) is 5.15 Å². The molecule has 18 heteroatoms. The first-order chi connectivity index (χ1) is 25.5. The molecule has 11 atom stereocenters. The lowest BCUT2D eigenvalue weighted by Crippen LogP contribution is -2.52. The number of nitrogens with zero attached hydrogens (tertiary/aromatic N) is 8. The highest BCUT2D eigenvalue weighted by Gasteiger charge is 2.63. The summed E-state index contributed by atoms with van der Waals surface area (Å²) in [6, 6.07) is 8.48. The largest absolute Gasteiger partial charge is 0.387 e. The SMILES string of the molecule is CC1(C)O[C@@H]2[C@H](O1)[C@@H](C(O)C(O)[C@H]1O[C@@H](n3cnc4c(N[C@H]5CCc6ccccc65)ncnc43)[C@@H]3OC(C)(C)O[C@@H]31)O[C@H]2n1cnc2c(Cl)ncnc21. The lowest BCUT2D eigenvalue weighted by molar-refractivity contribution is -0.233. The molecule has 0 radical (unpaired) electrons. The molecule has 3 N–H and O–H groups in total. The second-order valence-corrected chi connectivity index (χ2v) is 15.4. The van der Waals surface area contributed by atoms with Crippen LogP contribution in [-0.4, -0.2) is 110 Å². The smallest absolute Gasteiger partial charge is 0.167 e. The quantitative estimate of drug-likeness (QED) is 0.206. The maximum absolute atomic E-state index is 12.0. The summed E-state index contributed by atoms with van der Waals surface area (Å²) in [6.07, 6.45) is -1.78. The molecule has 4 fully saturated rings. The van der Waals surface area contributed by atoms with Crippen molar-refractivity contribution in [2.24, 2.45) is 0 Å². The third-order valence-corrected chi connectivity index (χ3v) is 11.1. The minimum atomic E-state index is -1.51. The van der Waals surface area contributed by atoms with Gasteiger partial charge in [0.2, 0.25) is 0 Å². The van der Waals surface area contributed by atoms with Crippen LogP contribution < -0.4 is 5.32 Å². The molecule has 17 nitrogen and oxygen atoms in total. The molecule has 0 spiro atoms. The highest BCUT2D eigenvalue weighted by molar-refractivity contribution is 6.33. The zero-order valence-corrected chi connectivity index (χ0v) is 29.9. The number of hydrogen-bond acceptors (Lipinski definition) is 15. The van der Waals surface area contributed by atoms with Crippen molar-refractivity contribution in [3.8, 4) is 0 Å². The fraction of sp³-hybridized carbons (Fsp3) is 0.543. The Balaban J connectivity index is 0.939. The van der Waals surface area contributed by atoms with Gasteiger partial charge in [0.1, 0.15) is 67.0 Å². The Labute approximate surface area is 307 Å². The van der Waals surface area contributed by atoms with Crippen LogP contribution in [0.3, 0.4) is 0 Å². The predicted molar refractivity (Wildman–Crippen MR) is 184 cm³/mol. The number of hydrogen-bond donors (Lipinski definition) is 3. The third kappa shape index (κ3) is 5.36. The van der Waals surface area contributed by atoms with Gasteiger partial charge in [0.05, 0.1) is 18.7 Å². The Kier molecular flexibility index (Phi) is 7.65. The lowest BCUT2D eigenvalue weighted by atomic mass is 9.95. The van der Waals surface area contributed by atoms with E-state index < -0.39 is 72.9 Å². The summed E-state index contributed by atoms with van der Waals surface area (Å²) in [5, 5.41) is 27.7. The molecule has 8 heterocycles. The van der Waals surface area contributed by atoms with Crippen LogP contribution in [0.5, 0.6) is 0 Å². The number of imidazole rings is 2. The van der Waals surface area contributed by atoms with Crippen molar-refractivity contribution in [3.05, 3.63) is 65.9 Å². The van der Waals surface area contributed by atoms with Gasteiger partial charge in [-0.2, -0.15) is 0 Å². The Morgan fingerprint density at radius 3 is 1.92 bits per heavy atom. The fourth-order valence-electron chi connectivity index (χ4n) is 8.63. The monoisotopic (exact) mass is 747 g/mol. The average molecular weight is 748 g/mol. The number of rotatable bonds is 7. The van der Waals surface area contributed by atoms with Crippen LogP contribution in [0, 0.1) is 0 Å². The van der Waals surface area contributed by atoms with Crippen molar-refractivity contribution in [2.45, 2.75) is 119 Å². The first kappa shape index (κ1) is 33.6. The van der Waals surface area contributed by atoms with Crippen LogP contribution in [0.15, 0.2) is 49.6 Å². The molecule has 5 aliphatic rings. The number of anilines is 1. The second kappa shape index (κ2) is 12.0. The molecular formula is C35H38ClN9O8. The maximum Gasteiger partial charge on any atom is 0.167 e. The van der Waals surface area contributed by atoms with E-state index >= 15 is 0 Å². The Morgan fingerprint density at radius 1 is 0.736 bits per heavy atom. The molecule has 2 unspecified atom stereocenters. The van der Waals surface area contributed by atoms with Gasteiger partial charge >= 0.3 is 0 Å². The normalized spacial score (nSPS) is 33.7. The van der Waals surface area contributed by atoms with Gasteiger partial charge in [0.25, 0.3) is 0 Å². The number of aromatic nitrogens is 8. The first-order valence-corrected chi connectivity index (χ1v) is 18.1. The van der Waals surface area contributed by atoms with E-state index in [4.69, 9.17) is 45.0 Å². The first-order valence-electron chi connectivity index (χ1n) is 17.7. The van der Waals surface area contributed by atoms with Gasteiger partial charge < -0.3 is 44.0 Å². The summed E-state index contributed by atoms with van der Waals surface area (Å²) in [5.74, 6) is -1.41. The Hall–Kier alpha value is -3.91. The molecule has 0 amide bonds. The Bertz CT molecular complexity index is 2220. The molecule has 1 aromatic carbocycles. The molecule has 5 aromatic rings. The molecule has 10 rings (SSSR count). The molecule has 4 saturated heterocycles. The maximum atomic E-state index is 12.0. The summed E-state index contributed by atoms with van der Waals surface area (Å²) < 4.78 is 41.7. The van der Waals surface area contributed by atoms with Gasteiger partial charge in [-0.05, 0) is 51.7 Å². The standard InChI is InChI=1S/C35H38ClN9O8/c1-34(2)50-24-22(48-32(26(24)52-34)44-13-41-18-28(36)37-11-39-30(18)44)20(46)21(47)23-25-27(53-35(3,4)51-25)33(49-23)45-14-42-19-29(38-12-40-31(19)45)43-17-10-9-15-7-5-6-8-16(15)17/h5-8,11-14,17,20-27,32-33,46-47H,9-10H2,1-4H3,(H,38,40,43)/t17-,20?,21?,22+,23+,24+,25+,26+,27+,32+,33+/m0/s1. The zero-order valence-electron chi connectivity index (χ0n) is 29.2.